The number of benzene rings is 1. The standard InChI is InChI=1S/C22H29FN6O5S/c1-26-10-12-28(13-11-26)35(33,34)27(2)17-4-3-9-29-20(17)25-18(19(30)22(29)32)21(31)24-14-15-5-7-16(23)8-6-15/h5-8,17-18H,3-4,9-14H2,1-2H3,(H,24,31). The van der Waals surface area contributed by atoms with Crippen LogP contribution in [0.2, 0.25) is 0 Å². The Kier molecular flexibility index (Phi) is 7.31. The van der Waals surface area contributed by atoms with Gasteiger partial charge < -0.3 is 10.2 Å². The average molecular weight is 509 g/mol. The van der Waals surface area contributed by atoms with Crippen molar-refractivity contribution in [2.75, 3.05) is 46.8 Å². The van der Waals surface area contributed by atoms with E-state index in [0.717, 1.165) is 0 Å². The Morgan fingerprint density at radius 2 is 1.80 bits per heavy atom. The third kappa shape index (κ3) is 5.13. The van der Waals surface area contributed by atoms with Crippen LogP contribution < -0.4 is 5.32 Å². The first kappa shape index (κ1) is 25.4. The minimum Gasteiger partial charge on any atom is -0.350 e. The van der Waals surface area contributed by atoms with E-state index in [1.54, 1.807) is 0 Å². The molecule has 2 fully saturated rings. The van der Waals surface area contributed by atoms with Crippen LogP contribution in [0.3, 0.4) is 0 Å². The predicted octanol–water partition coefficient (Wildman–Crippen LogP) is -0.793. The van der Waals surface area contributed by atoms with Crippen LogP contribution in [0.15, 0.2) is 29.3 Å². The number of ketones is 1. The van der Waals surface area contributed by atoms with E-state index in [0.29, 0.717) is 44.6 Å². The number of hydrogen-bond acceptors (Lipinski definition) is 7. The van der Waals surface area contributed by atoms with E-state index in [2.05, 4.69) is 10.3 Å². The first-order valence-electron chi connectivity index (χ1n) is 11.5. The lowest BCUT2D eigenvalue weighted by Crippen LogP contribution is -2.63. The topological polar surface area (TPSA) is 123 Å². The Morgan fingerprint density at radius 3 is 2.46 bits per heavy atom. The monoisotopic (exact) mass is 508 g/mol. The van der Waals surface area contributed by atoms with Crippen LogP contribution in [0, 0.1) is 5.82 Å². The van der Waals surface area contributed by atoms with Crippen molar-refractivity contribution in [3.63, 3.8) is 0 Å². The van der Waals surface area contributed by atoms with Crippen molar-refractivity contribution >= 4 is 33.6 Å². The maximum atomic E-state index is 13.3. The van der Waals surface area contributed by atoms with Crippen molar-refractivity contribution in [3.05, 3.63) is 35.6 Å². The molecule has 1 N–H and O–H groups in total. The summed E-state index contributed by atoms with van der Waals surface area (Å²) in [5.74, 6) is -2.90. The molecule has 4 rings (SSSR count). The molecule has 2 unspecified atom stereocenters. The molecule has 0 saturated carbocycles. The Bertz CT molecular complexity index is 1130. The van der Waals surface area contributed by atoms with Crippen molar-refractivity contribution in [2.24, 2.45) is 4.99 Å². The third-order valence-corrected chi connectivity index (χ3v) is 8.62. The third-order valence-electron chi connectivity index (χ3n) is 6.62. The summed E-state index contributed by atoms with van der Waals surface area (Å²) in [5, 5.41) is 2.56. The molecule has 35 heavy (non-hydrogen) atoms. The number of carbonyl (C=O) groups excluding carboxylic acids is 3. The van der Waals surface area contributed by atoms with Crippen LogP contribution in [0.1, 0.15) is 18.4 Å². The molecule has 1 aromatic rings. The first-order chi connectivity index (χ1) is 16.6. The summed E-state index contributed by atoms with van der Waals surface area (Å²) in [6.07, 6.45) is 0.900. The number of fused-ring (bicyclic) bond motifs is 1. The van der Waals surface area contributed by atoms with Crippen LogP contribution in [-0.4, -0.2) is 109 Å². The highest BCUT2D eigenvalue weighted by Gasteiger charge is 2.47. The second kappa shape index (κ2) is 10.1. The minimum atomic E-state index is -3.85. The number of hydrogen-bond donors (Lipinski definition) is 1. The lowest BCUT2D eigenvalue weighted by atomic mass is 9.99. The predicted molar refractivity (Wildman–Crippen MR) is 125 cm³/mol. The van der Waals surface area contributed by atoms with E-state index in [9.17, 15) is 27.2 Å². The van der Waals surface area contributed by atoms with Crippen LogP contribution in [0.25, 0.3) is 0 Å². The summed E-state index contributed by atoms with van der Waals surface area (Å²) in [7, 11) is -0.486. The molecule has 0 bridgehead atoms. The molecule has 1 aromatic carbocycles. The number of carbonyl (C=O) groups is 3. The fourth-order valence-electron chi connectivity index (χ4n) is 4.44. The molecule has 11 nitrogen and oxygen atoms in total. The Labute approximate surface area is 203 Å². The zero-order chi connectivity index (χ0) is 25.3. The second-order valence-corrected chi connectivity index (χ2v) is 10.9. The van der Waals surface area contributed by atoms with Gasteiger partial charge in [0.2, 0.25) is 0 Å². The van der Waals surface area contributed by atoms with E-state index < -0.39 is 45.7 Å². The number of halogens is 1. The molecular weight excluding hydrogens is 479 g/mol. The highest BCUT2D eigenvalue weighted by molar-refractivity contribution is 7.86. The quantitative estimate of drug-likeness (QED) is 0.397. The molecular formula is C22H29FN6O5S. The number of amidine groups is 1. The zero-order valence-corrected chi connectivity index (χ0v) is 20.5. The van der Waals surface area contributed by atoms with Gasteiger partial charge in [0.05, 0.1) is 6.04 Å². The average Bonchev–Trinajstić information content (AvgIpc) is 2.85. The van der Waals surface area contributed by atoms with Crippen LogP contribution in [-0.2, 0) is 31.1 Å². The summed E-state index contributed by atoms with van der Waals surface area (Å²) >= 11 is 0. The van der Waals surface area contributed by atoms with E-state index >= 15 is 0 Å². The summed E-state index contributed by atoms with van der Waals surface area (Å²) < 4.78 is 42.3. The van der Waals surface area contributed by atoms with E-state index in [-0.39, 0.29) is 18.9 Å². The summed E-state index contributed by atoms with van der Waals surface area (Å²) in [5.41, 5.74) is 0.608. The van der Waals surface area contributed by atoms with Gasteiger partial charge in [-0.15, -0.1) is 0 Å². The highest BCUT2D eigenvalue weighted by atomic mass is 32.2. The maximum absolute atomic E-state index is 13.3. The molecule has 0 radical (unpaired) electrons. The molecule has 0 aromatic heterocycles. The van der Waals surface area contributed by atoms with Gasteiger partial charge in [0.1, 0.15) is 11.7 Å². The molecule has 190 valence electrons. The molecule has 3 aliphatic heterocycles. The molecule has 2 atom stereocenters. The minimum absolute atomic E-state index is 0.0206. The molecule has 2 amide bonds. The van der Waals surface area contributed by atoms with Crippen molar-refractivity contribution in [1.82, 2.24) is 23.7 Å². The van der Waals surface area contributed by atoms with Crippen molar-refractivity contribution in [1.29, 1.82) is 0 Å². The molecule has 2 saturated heterocycles. The van der Waals surface area contributed by atoms with Gasteiger partial charge >= 0.3 is 0 Å². The van der Waals surface area contributed by atoms with Gasteiger partial charge in [-0.25, -0.2) is 9.38 Å². The van der Waals surface area contributed by atoms with Gasteiger partial charge in [-0.1, -0.05) is 12.1 Å². The second-order valence-electron chi connectivity index (χ2n) is 8.94. The number of amides is 2. The van der Waals surface area contributed by atoms with Gasteiger partial charge in [0.25, 0.3) is 27.8 Å². The number of piperazine rings is 1. The van der Waals surface area contributed by atoms with Crippen LogP contribution in [0.5, 0.6) is 0 Å². The largest absolute Gasteiger partial charge is 0.350 e. The van der Waals surface area contributed by atoms with Gasteiger partial charge in [0, 0.05) is 46.3 Å². The molecule has 3 heterocycles. The Morgan fingerprint density at radius 1 is 1.14 bits per heavy atom. The zero-order valence-electron chi connectivity index (χ0n) is 19.7. The highest BCUT2D eigenvalue weighted by Crippen LogP contribution is 2.26. The fourth-order valence-corrected chi connectivity index (χ4v) is 5.95. The van der Waals surface area contributed by atoms with Gasteiger partial charge in [0.15, 0.2) is 6.04 Å². The lowest BCUT2D eigenvalue weighted by molar-refractivity contribution is -0.146. The van der Waals surface area contributed by atoms with Gasteiger partial charge in [-0.2, -0.15) is 17.0 Å². The van der Waals surface area contributed by atoms with Crippen molar-refractivity contribution in [2.45, 2.75) is 31.5 Å². The summed E-state index contributed by atoms with van der Waals surface area (Å²) in [4.78, 5) is 45.8. The summed E-state index contributed by atoms with van der Waals surface area (Å²) in [6, 6.07) is 3.10. The van der Waals surface area contributed by atoms with E-state index in [1.165, 1.54) is 44.8 Å². The normalized spacial score (nSPS) is 24.3. The molecule has 0 spiro atoms. The number of piperidine rings is 1. The SMILES string of the molecule is CN1CCN(S(=O)(=O)N(C)C2CCCN3C(=O)C(=O)C(C(=O)NCc4ccc(F)cc4)N=C23)CC1. The van der Waals surface area contributed by atoms with Gasteiger partial charge in [-0.05, 0) is 37.6 Å². The smallest absolute Gasteiger partial charge is 0.298 e. The summed E-state index contributed by atoms with van der Waals surface area (Å²) in [6.45, 7) is 2.15. The lowest BCUT2D eigenvalue weighted by Gasteiger charge is -2.42. The number of likely N-dealkylation sites (N-methyl/N-ethyl adjacent to an activating group) is 2. The number of Topliss-reactive ketones (excluding diaryl/α,β-unsaturated/α-hetero) is 1. The molecule has 13 heteroatoms. The van der Waals surface area contributed by atoms with Crippen molar-refractivity contribution < 1.29 is 27.2 Å². The van der Waals surface area contributed by atoms with Crippen LogP contribution in [0.4, 0.5) is 4.39 Å². The molecule has 0 aliphatic carbocycles. The van der Waals surface area contributed by atoms with Crippen LogP contribution >= 0.6 is 0 Å². The molecule has 3 aliphatic rings. The first-order valence-corrected chi connectivity index (χ1v) is 12.9. The Hall–Kier alpha value is -2.74. The number of rotatable bonds is 6. The van der Waals surface area contributed by atoms with E-state index in [4.69, 9.17) is 0 Å². The van der Waals surface area contributed by atoms with Crippen molar-refractivity contribution in [3.8, 4) is 0 Å². The van der Waals surface area contributed by atoms with E-state index in [1.807, 2.05) is 11.9 Å². The maximum Gasteiger partial charge on any atom is 0.298 e. The number of aliphatic imine (C=N–C) groups is 1. The number of nitrogens with one attached hydrogen (secondary N) is 1. The fraction of sp³-hybridized carbons (Fsp3) is 0.545. The van der Waals surface area contributed by atoms with Gasteiger partial charge in [-0.3, -0.25) is 19.3 Å². The Balaban J connectivity index is 1.55. The number of nitrogens with zero attached hydrogens (tertiary/aromatic N) is 5.